The first kappa shape index (κ1) is 33.3. The number of para-hydroxylation sites is 2. The predicted molar refractivity (Wildman–Crippen MR) is 177 cm³/mol. The number of benzene rings is 4. The van der Waals surface area contributed by atoms with Crippen LogP contribution in [0.15, 0.2) is 97.1 Å². The second-order valence-corrected chi connectivity index (χ2v) is 8.67. The topological polar surface area (TPSA) is 24.9 Å². The molecule has 0 amide bonds. The molecule has 0 atom stereocenters. The lowest BCUT2D eigenvalue weighted by Gasteiger charge is -2.31. The zero-order valence-corrected chi connectivity index (χ0v) is 26.5. The Morgan fingerprint density at radius 1 is 0.488 bits per heavy atom. The van der Waals surface area contributed by atoms with E-state index in [0.29, 0.717) is 13.5 Å². The highest BCUT2D eigenvalue weighted by Gasteiger charge is 2.20. The standard InChI is InChI=1S/C29H26N2O2.4C2H6/c1-3-7-26(8-4-1)30-18-24-16-22(11-13-28(24)32-20-30)15-23-12-14-29-25(17-23)19-31(21-33-29)27-9-5-2-6-10-27;4*1-2/h1-14,16-17H,15,18-21H2;4*1-2H3. The number of anilines is 2. The quantitative estimate of drug-likeness (QED) is 0.251. The van der Waals surface area contributed by atoms with Gasteiger partial charge in [-0.25, -0.2) is 0 Å². The summed E-state index contributed by atoms with van der Waals surface area (Å²) in [4.78, 5) is 4.53. The van der Waals surface area contributed by atoms with Gasteiger partial charge in [-0.1, -0.05) is 104 Å². The van der Waals surface area contributed by atoms with Crippen LogP contribution in [-0.4, -0.2) is 13.5 Å². The Hall–Kier alpha value is -3.92. The molecule has 4 aromatic carbocycles. The maximum absolute atomic E-state index is 6.03. The van der Waals surface area contributed by atoms with Gasteiger partial charge in [-0.05, 0) is 66.1 Å². The smallest absolute Gasteiger partial charge is 0.161 e. The molecule has 0 aliphatic carbocycles. The van der Waals surface area contributed by atoms with Crippen molar-refractivity contribution in [1.82, 2.24) is 0 Å². The molecule has 0 bridgehead atoms. The molecule has 0 aromatic heterocycles. The van der Waals surface area contributed by atoms with Gasteiger partial charge in [-0.2, -0.15) is 0 Å². The third kappa shape index (κ3) is 9.04. The third-order valence-electron chi connectivity index (χ3n) is 6.37. The summed E-state index contributed by atoms with van der Waals surface area (Å²) in [6.45, 7) is 18.9. The van der Waals surface area contributed by atoms with Gasteiger partial charge in [0, 0.05) is 35.6 Å². The summed E-state index contributed by atoms with van der Waals surface area (Å²) in [5, 5.41) is 0. The van der Waals surface area contributed by atoms with E-state index in [4.69, 9.17) is 9.47 Å². The van der Waals surface area contributed by atoms with E-state index in [0.717, 1.165) is 31.0 Å². The normalized spacial score (nSPS) is 12.4. The maximum atomic E-state index is 6.03. The summed E-state index contributed by atoms with van der Waals surface area (Å²) in [5.74, 6) is 1.98. The molecule has 0 saturated carbocycles. The van der Waals surface area contributed by atoms with E-state index in [1.807, 2.05) is 67.5 Å². The van der Waals surface area contributed by atoms with Crippen molar-refractivity contribution in [2.24, 2.45) is 0 Å². The van der Waals surface area contributed by atoms with Crippen LogP contribution in [0.2, 0.25) is 0 Å². The first-order chi connectivity index (χ1) is 20.3. The molecule has 0 radical (unpaired) electrons. The van der Waals surface area contributed by atoms with E-state index < -0.39 is 0 Å². The molecule has 2 heterocycles. The first-order valence-corrected chi connectivity index (χ1v) is 15.4. The Morgan fingerprint density at radius 3 is 1.22 bits per heavy atom. The average Bonchev–Trinajstić information content (AvgIpc) is 3.08. The molecule has 4 heteroatoms. The van der Waals surface area contributed by atoms with E-state index in [-0.39, 0.29) is 0 Å². The summed E-state index contributed by atoms with van der Waals surface area (Å²) in [6, 6.07) is 34.1. The van der Waals surface area contributed by atoms with Crippen molar-refractivity contribution in [3.05, 3.63) is 119 Å². The van der Waals surface area contributed by atoms with Crippen molar-refractivity contribution in [2.45, 2.75) is 74.9 Å². The van der Waals surface area contributed by atoms with Gasteiger partial charge in [0.2, 0.25) is 0 Å². The zero-order valence-electron chi connectivity index (χ0n) is 26.5. The molecule has 0 N–H and O–H groups in total. The fraction of sp³-hybridized carbons (Fsp3) is 0.351. The summed E-state index contributed by atoms with van der Waals surface area (Å²) in [6.07, 6.45) is 0.886. The van der Waals surface area contributed by atoms with Gasteiger partial charge in [0.15, 0.2) is 13.5 Å². The van der Waals surface area contributed by atoms with Crippen molar-refractivity contribution >= 4 is 11.4 Å². The maximum Gasteiger partial charge on any atom is 0.161 e. The highest BCUT2D eigenvalue weighted by atomic mass is 16.5. The lowest BCUT2D eigenvalue weighted by atomic mass is 9.99. The van der Waals surface area contributed by atoms with Crippen LogP contribution in [0, 0.1) is 0 Å². The zero-order chi connectivity index (χ0) is 30.0. The van der Waals surface area contributed by atoms with Crippen molar-refractivity contribution in [3.8, 4) is 11.5 Å². The van der Waals surface area contributed by atoms with Crippen LogP contribution in [-0.2, 0) is 19.5 Å². The van der Waals surface area contributed by atoms with Crippen molar-refractivity contribution in [1.29, 1.82) is 0 Å². The Labute approximate surface area is 249 Å². The molecular formula is C37H50N2O2. The number of hydrogen-bond acceptors (Lipinski definition) is 4. The average molecular weight is 555 g/mol. The third-order valence-corrected chi connectivity index (χ3v) is 6.37. The minimum absolute atomic E-state index is 0.582. The van der Waals surface area contributed by atoms with Gasteiger partial charge in [0.25, 0.3) is 0 Å². The molecule has 0 unspecified atom stereocenters. The Bertz CT molecular complexity index is 1160. The largest absolute Gasteiger partial charge is 0.473 e. The van der Waals surface area contributed by atoms with Crippen molar-refractivity contribution < 1.29 is 9.47 Å². The van der Waals surface area contributed by atoms with Crippen molar-refractivity contribution in [3.63, 3.8) is 0 Å². The summed E-state index contributed by atoms with van der Waals surface area (Å²) in [7, 11) is 0. The summed E-state index contributed by atoms with van der Waals surface area (Å²) >= 11 is 0. The number of fused-ring (bicyclic) bond motifs is 2. The van der Waals surface area contributed by atoms with Crippen LogP contribution in [0.4, 0.5) is 11.4 Å². The van der Waals surface area contributed by atoms with Crippen LogP contribution in [0.5, 0.6) is 11.5 Å². The number of ether oxygens (including phenoxy) is 2. The second-order valence-electron chi connectivity index (χ2n) is 8.67. The fourth-order valence-corrected chi connectivity index (χ4v) is 4.66. The van der Waals surface area contributed by atoms with Gasteiger partial charge in [-0.15, -0.1) is 0 Å². The summed E-state index contributed by atoms with van der Waals surface area (Å²) in [5.41, 5.74) is 7.43. The molecule has 2 aliphatic heterocycles. The molecule has 41 heavy (non-hydrogen) atoms. The Balaban J connectivity index is 0.000000679. The molecule has 2 aliphatic rings. The molecule has 0 saturated heterocycles. The molecule has 0 fully saturated rings. The van der Waals surface area contributed by atoms with Gasteiger partial charge in [0.1, 0.15) is 11.5 Å². The Kier molecular flexibility index (Phi) is 15.0. The Morgan fingerprint density at radius 2 is 0.854 bits per heavy atom. The molecule has 220 valence electrons. The minimum atomic E-state index is 0.582. The molecule has 4 nitrogen and oxygen atoms in total. The second kappa shape index (κ2) is 18.4. The number of rotatable bonds is 4. The van der Waals surface area contributed by atoms with Gasteiger partial charge in [-0.3, -0.25) is 0 Å². The highest BCUT2D eigenvalue weighted by molar-refractivity contribution is 5.52. The van der Waals surface area contributed by atoms with E-state index in [9.17, 15) is 0 Å². The lowest BCUT2D eigenvalue weighted by Crippen LogP contribution is -2.32. The number of hydrogen-bond donors (Lipinski definition) is 0. The lowest BCUT2D eigenvalue weighted by molar-refractivity contribution is 0.289. The van der Waals surface area contributed by atoms with Crippen LogP contribution in [0.3, 0.4) is 0 Å². The highest BCUT2D eigenvalue weighted by Crippen LogP contribution is 2.32. The number of nitrogens with zero attached hydrogens (tertiary/aromatic N) is 2. The first-order valence-electron chi connectivity index (χ1n) is 15.4. The van der Waals surface area contributed by atoms with E-state index in [1.54, 1.807) is 0 Å². The van der Waals surface area contributed by atoms with Crippen molar-refractivity contribution in [2.75, 3.05) is 23.3 Å². The van der Waals surface area contributed by atoms with Crippen LogP contribution in [0.25, 0.3) is 0 Å². The van der Waals surface area contributed by atoms with Gasteiger partial charge >= 0.3 is 0 Å². The van der Waals surface area contributed by atoms with Crippen LogP contribution < -0.4 is 19.3 Å². The van der Waals surface area contributed by atoms with E-state index in [1.165, 1.54) is 33.6 Å². The van der Waals surface area contributed by atoms with E-state index >= 15 is 0 Å². The van der Waals surface area contributed by atoms with Gasteiger partial charge in [0.05, 0.1) is 0 Å². The molecular weight excluding hydrogens is 504 g/mol. The molecule has 6 rings (SSSR count). The van der Waals surface area contributed by atoms with E-state index in [2.05, 4.69) is 94.7 Å². The van der Waals surface area contributed by atoms with Crippen LogP contribution in [0.1, 0.15) is 77.6 Å². The van der Waals surface area contributed by atoms with Crippen LogP contribution >= 0.6 is 0 Å². The summed E-state index contributed by atoms with van der Waals surface area (Å²) < 4.78 is 12.1. The molecule has 0 spiro atoms. The predicted octanol–water partition coefficient (Wildman–Crippen LogP) is 10.1. The SMILES string of the molecule is CC.CC.CC.CC.c1ccc(N2COc3ccc(Cc4ccc5c(c4)CN(c4ccccc4)CO5)cc3C2)cc1. The minimum Gasteiger partial charge on any atom is -0.473 e. The van der Waals surface area contributed by atoms with Gasteiger partial charge < -0.3 is 19.3 Å². The molecule has 4 aromatic rings. The monoisotopic (exact) mass is 554 g/mol. The fourth-order valence-electron chi connectivity index (χ4n) is 4.66.